The molecule has 2 fully saturated rings. The van der Waals surface area contributed by atoms with E-state index in [0.717, 1.165) is 31.0 Å². The molecule has 3 unspecified atom stereocenters. The van der Waals surface area contributed by atoms with E-state index in [2.05, 4.69) is 51.8 Å². The van der Waals surface area contributed by atoms with Crippen LogP contribution in [0.5, 0.6) is 11.5 Å². The summed E-state index contributed by atoms with van der Waals surface area (Å²) in [6.45, 7) is 7.43. The van der Waals surface area contributed by atoms with Gasteiger partial charge in [0, 0.05) is 104 Å². The number of rotatable bonds is 22. The number of benzene rings is 6. The third kappa shape index (κ3) is 31.2. The van der Waals surface area contributed by atoms with Gasteiger partial charge in [-0.05, 0) is 215 Å². The minimum absolute atomic E-state index is 0. The number of hydrogen-bond acceptors (Lipinski definition) is 28. The fourth-order valence-corrected chi connectivity index (χ4v) is 12.8. The summed E-state index contributed by atoms with van der Waals surface area (Å²) in [5.41, 5.74) is -3.47. The van der Waals surface area contributed by atoms with Crippen molar-refractivity contribution in [3.63, 3.8) is 0 Å². The van der Waals surface area contributed by atoms with E-state index >= 15 is 0 Å². The third-order valence-electron chi connectivity index (χ3n) is 17.3. The number of esters is 1. The van der Waals surface area contributed by atoms with Crippen molar-refractivity contribution in [2.45, 2.75) is 65.0 Å². The highest BCUT2D eigenvalue weighted by Gasteiger charge is 2.35. The molecule has 0 saturated carbocycles. The molecule has 690 valence electrons. The highest BCUT2D eigenvalue weighted by molar-refractivity contribution is 14.1. The zero-order valence-corrected chi connectivity index (χ0v) is 79.3. The van der Waals surface area contributed by atoms with Gasteiger partial charge in [-0.15, -0.1) is 0 Å². The predicted molar refractivity (Wildman–Crippen MR) is 505 cm³/mol. The zero-order chi connectivity index (χ0) is 95.5. The van der Waals surface area contributed by atoms with Crippen molar-refractivity contribution in [3.05, 3.63) is 277 Å². The first-order chi connectivity index (χ1) is 60.3. The molecular weight excluding hydrogens is 2180 g/mol. The molecule has 6 aromatic carbocycles. The molecule has 6 heterocycles. The molecule has 38 nitrogen and oxygen atoms in total. The number of amides is 2. The van der Waals surface area contributed by atoms with E-state index in [0.29, 0.717) is 34.2 Å². The van der Waals surface area contributed by atoms with Crippen LogP contribution in [0.1, 0.15) is 66.2 Å². The Balaban J connectivity index is 0.000000283. The molecule has 2 aliphatic heterocycles. The summed E-state index contributed by atoms with van der Waals surface area (Å²) in [5, 5.41) is 28.7. The average Bonchev–Trinajstić information content (AvgIpc) is 0.794. The molecule has 0 bridgehead atoms. The van der Waals surface area contributed by atoms with Gasteiger partial charge in [0.25, 0.3) is 34.1 Å². The Labute approximate surface area is 794 Å². The van der Waals surface area contributed by atoms with Gasteiger partial charge in [0.15, 0.2) is 17.1 Å². The number of hydrogen-bond donors (Lipinski definition) is 9. The number of aliphatic hydroxyl groups excluding tert-OH is 2. The number of aromatic nitrogens is 8. The molecule has 10 N–H and O–H groups in total. The van der Waals surface area contributed by atoms with Crippen LogP contribution >= 0.6 is 102 Å². The highest BCUT2D eigenvalue weighted by atomic mass is 127. The Morgan fingerprint density at radius 2 is 0.822 bits per heavy atom. The Bertz CT molecular complexity index is 6160. The van der Waals surface area contributed by atoms with Crippen molar-refractivity contribution >= 4 is 187 Å². The summed E-state index contributed by atoms with van der Waals surface area (Å²) >= 11 is 12.8. The van der Waals surface area contributed by atoms with E-state index < -0.39 is 145 Å². The van der Waals surface area contributed by atoms with Crippen molar-refractivity contribution in [1.29, 1.82) is 0 Å². The largest absolute Gasteiger partial charge is 0.423 e. The number of para-hydroxylation sites is 2. The van der Waals surface area contributed by atoms with Gasteiger partial charge in [0.05, 0.1) is 49.2 Å². The van der Waals surface area contributed by atoms with Gasteiger partial charge in [0.1, 0.15) is 101 Å². The van der Waals surface area contributed by atoms with Crippen LogP contribution < -0.4 is 92.6 Å². The van der Waals surface area contributed by atoms with Crippen LogP contribution in [0.4, 0.5) is 68.4 Å². The molecule has 4 radical (unpaired) electrons. The first kappa shape index (κ1) is 109. The van der Waals surface area contributed by atoms with Crippen molar-refractivity contribution < 1.29 is 89.9 Å². The van der Waals surface area contributed by atoms with Gasteiger partial charge in [0.2, 0.25) is 0 Å². The molecule has 4 aromatic heterocycles. The van der Waals surface area contributed by atoms with Crippen LogP contribution in [0, 0.1) is 37.5 Å². The van der Waals surface area contributed by atoms with E-state index in [1.165, 1.54) is 109 Å². The fourth-order valence-electron chi connectivity index (χ4n) is 10.9. The second-order valence-corrected chi connectivity index (χ2v) is 32.8. The SMILES string of the molecule is C.CC1(C)OCC(CON)O1.Cn1c(Nc2ccc(I)cc2F)c(C(=O)NOCC(O)CO)c(=O)n(C)c1=O.Cn1c(Nc2ccc(I)cc2F)c(C(=O)NOCC2COC(C)(C)O2)c(=O)n(C)c1=O.Cn1c(Nc2ccc(I)cc2F)c(C(=O)Oc2ccccc2)c(=O)n(C)c1=O.Cn1c(Nc2ccc(I)cc2F)cc(=O)n(C)c1=O.O=C(Cl)Oc1ccccc1.[B][B]. The molecule has 3 atom stereocenters. The number of ether oxygens (including phenoxy) is 6. The maximum Gasteiger partial charge on any atom is 0.409 e. The predicted octanol–water partition coefficient (Wildman–Crippen LogP) is 7.66. The molecule has 12 rings (SSSR count). The van der Waals surface area contributed by atoms with Crippen molar-refractivity contribution in [3.8, 4) is 11.5 Å². The standard InChI is InChI=1S/C19H22FIN4O6.C19H15FIN3O4.C16H18FIN4O6.C12H11FIN3O2.C7H5ClO2.C6H13NO3.CH4.B2/c1-19(2)29-8-11(31-19)9-30-23-16(26)14-15(24(3)18(28)25(4)17(14)27)22-13-6-5-10(21)7-12(13)20;1-23-16(22-14-9-8-11(21)10-13(14)20)15(17(25)24(2)19(23)27)18(26)28-12-6-4-3-5-7-12;1-21-13(19-11-4-3-8(18)5-10(11)17)12(15(26)22(2)16(21)27)14(25)20-28-7-9(24)6-23;1-16-10(6-11(18)17(2)12(16)19)15-9-4-3-7(14)5-8(9)13;8-7(9)10-6-4-2-1-3-5-6;1-6(2)8-3-5(10-6)4-9-7;;1-2/h5-7,11,22H,8-9H2,1-4H3,(H,23,26);3-10,22H,1-2H3;3-5,9,19,23-24H,6-7H2,1-2H3,(H,20,25);3-6,15H,1-2H3;1-5H;5H,3-4,7H2,1-2H3;1H4;. The normalized spacial score (nSPS) is 13.8. The highest BCUT2D eigenvalue weighted by Crippen LogP contribution is 2.29. The van der Waals surface area contributed by atoms with Gasteiger partial charge < -0.3 is 64.7 Å². The summed E-state index contributed by atoms with van der Waals surface area (Å²) in [6, 6.07) is 35.7. The summed E-state index contributed by atoms with van der Waals surface area (Å²) in [6.07, 6.45) is -1.65. The second kappa shape index (κ2) is 50.8. The first-order valence-corrected chi connectivity index (χ1v) is 41.6. The van der Waals surface area contributed by atoms with Crippen LogP contribution in [0.15, 0.2) is 178 Å². The van der Waals surface area contributed by atoms with Gasteiger partial charge in [-0.2, -0.15) is 0 Å². The molecule has 10 aromatic rings. The molecule has 2 saturated heterocycles. The van der Waals surface area contributed by atoms with Gasteiger partial charge in [-0.3, -0.25) is 75.0 Å². The topological polar surface area (TPSA) is 466 Å². The number of carbonyl (C=O) groups excluding carboxylic acids is 4. The van der Waals surface area contributed by atoms with Crippen LogP contribution in [-0.4, -0.2) is 155 Å². The Morgan fingerprint density at radius 3 is 1.16 bits per heavy atom. The maximum atomic E-state index is 14.3. The van der Waals surface area contributed by atoms with E-state index in [9.17, 15) is 80.2 Å². The third-order valence-corrected chi connectivity index (χ3v) is 20.1. The number of halogens is 9. The lowest BCUT2D eigenvalue weighted by Gasteiger charge is -2.18. The maximum absolute atomic E-state index is 14.3. The minimum Gasteiger partial charge on any atom is -0.423 e. The lowest BCUT2D eigenvalue weighted by molar-refractivity contribution is -0.147. The number of hydroxylamine groups is 2. The Hall–Kier alpha value is -10.2. The van der Waals surface area contributed by atoms with E-state index in [1.807, 2.05) is 116 Å². The fraction of sp³-hybridized carbons (Fsp3) is 0.300. The van der Waals surface area contributed by atoms with E-state index in [1.54, 1.807) is 98.8 Å². The van der Waals surface area contributed by atoms with Gasteiger partial charge >= 0.3 is 34.2 Å². The molecule has 2 amide bonds. The lowest BCUT2D eigenvalue weighted by atomic mass is 9.81. The summed E-state index contributed by atoms with van der Waals surface area (Å²) in [7, 11) is 18.6. The number of nitrogens with one attached hydrogen (secondary N) is 6. The van der Waals surface area contributed by atoms with Crippen molar-refractivity contribution in [2.24, 2.45) is 62.3 Å². The minimum atomic E-state index is -1.23. The van der Waals surface area contributed by atoms with Crippen LogP contribution in [0.2, 0.25) is 0 Å². The molecule has 2 aliphatic rings. The van der Waals surface area contributed by atoms with Crippen LogP contribution in [-0.2, 0) is 89.8 Å². The number of aliphatic hydroxyl groups is 2. The number of nitrogens with two attached hydrogens (primary N) is 1. The van der Waals surface area contributed by atoms with E-state index in [4.69, 9.17) is 56.0 Å². The Morgan fingerprint density at radius 1 is 0.488 bits per heavy atom. The van der Waals surface area contributed by atoms with Crippen molar-refractivity contribution in [1.82, 2.24) is 47.5 Å². The molecule has 0 aliphatic carbocycles. The van der Waals surface area contributed by atoms with E-state index in [-0.39, 0.29) is 78.5 Å². The zero-order valence-electron chi connectivity index (χ0n) is 69.9. The summed E-state index contributed by atoms with van der Waals surface area (Å²) in [5.74, 6) is -1.16. The van der Waals surface area contributed by atoms with Gasteiger partial charge in [-0.1, -0.05) is 43.8 Å². The number of nitrogens with zero attached hydrogens (tertiary/aromatic N) is 8. The molecular formula is C80H88B2ClF4I4N15O23. The molecule has 0 spiro atoms. The second-order valence-electron chi connectivity index (χ2n) is 27.5. The van der Waals surface area contributed by atoms with Gasteiger partial charge in [-0.25, -0.2) is 63.2 Å². The monoisotopic (exact) mass is 2270 g/mol. The summed E-state index contributed by atoms with van der Waals surface area (Å²) in [4.78, 5) is 160. The van der Waals surface area contributed by atoms with Crippen LogP contribution in [0.3, 0.4) is 0 Å². The quantitative estimate of drug-likeness (QED) is 0.00598. The number of carbonyl (C=O) groups is 4. The first-order valence-electron chi connectivity index (χ1n) is 37.0. The lowest BCUT2D eigenvalue weighted by Crippen LogP contribution is -2.44. The van der Waals surface area contributed by atoms with Crippen molar-refractivity contribution in [2.75, 3.05) is 60.9 Å². The number of anilines is 8. The molecule has 49 heteroatoms. The molecule has 129 heavy (non-hydrogen) atoms. The van der Waals surface area contributed by atoms with Crippen LogP contribution in [0.25, 0.3) is 0 Å². The summed E-state index contributed by atoms with van der Waals surface area (Å²) < 4.78 is 98.2. The Kier molecular flexibility index (Phi) is 43.1. The average molecular weight is 2270 g/mol. The smallest absolute Gasteiger partial charge is 0.409 e.